The average molecular weight is 384 g/mol. The number of H-pyrrole nitrogens is 2. The Morgan fingerprint density at radius 3 is 2.46 bits per heavy atom. The minimum Gasteiger partial charge on any atom is -0.353 e. The van der Waals surface area contributed by atoms with Crippen LogP contribution in [0.3, 0.4) is 0 Å². The third kappa shape index (κ3) is 3.75. The number of nitrogens with zero attached hydrogens (tertiary/aromatic N) is 1. The Balaban J connectivity index is 1.79. The highest BCUT2D eigenvalue weighted by molar-refractivity contribution is 7.89. The van der Waals surface area contributed by atoms with Gasteiger partial charge in [0.2, 0.25) is 15.9 Å². The highest BCUT2D eigenvalue weighted by Gasteiger charge is 2.36. The number of aromatic nitrogens is 2. The van der Waals surface area contributed by atoms with Crippen molar-refractivity contribution in [3.8, 4) is 0 Å². The van der Waals surface area contributed by atoms with Crippen molar-refractivity contribution in [3.05, 3.63) is 26.5 Å². The first-order valence-corrected chi connectivity index (χ1v) is 10.4. The van der Waals surface area contributed by atoms with Gasteiger partial charge in [-0.15, -0.1) is 0 Å². The second kappa shape index (κ2) is 7.36. The number of nitrogens with one attached hydrogen (secondary N) is 3. The number of amides is 1. The van der Waals surface area contributed by atoms with Crippen LogP contribution in [0.4, 0.5) is 0 Å². The van der Waals surface area contributed by atoms with Crippen molar-refractivity contribution >= 4 is 15.9 Å². The van der Waals surface area contributed by atoms with E-state index in [-0.39, 0.29) is 30.7 Å². The number of aryl methyl sites for hydroxylation is 1. The lowest BCUT2D eigenvalue weighted by Crippen LogP contribution is -2.48. The summed E-state index contributed by atoms with van der Waals surface area (Å²) in [6, 6.07) is 0.179. The van der Waals surface area contributed by atoms with Gasteiger partial charge in [-0.05, 0) is 32.6 Å². The van der Waals surface area contributed by atoms with Crippen molar-refractivity contribution < 1.29 is 13.2 Å². The fourth-order valence-electron chi connectivity index (χ4n) is 3.79. The Morgan fingerprint density at radius 2 is 1.81 bits per heavy atom. The molecule has 1 atom stereocenters. The summed E-state index contributed by atoms with van der Waals surface area (Å²) in [6.45, 7) is 1.66. The van der Waals surface area contributed by atoms with Crippen LogP contribution in [0.5, 0.6) is 0 Å². The minimum atomic E-state index is -4.09. The van der Waals surface area contributed by atoms with Gasteiger partial charge < -0.3 is 10.3 Å². The molecule has 1 aromatic rings. The Kier molecular flexibility index (Phi) is 5.33. The molecule has 1 saturated carbocycles. The van der Waals surface area contributed by atoms with Crippen LogP contribution < -0.4 is 16.6 Å². The van der Waals surface area contributed by atoms with Gasteiger partial charge in [-0.3, -0.25) is 14.6 Å². The first-order chi connectivity index (χ1) is 12.3. The molecular formula is C16H24N4O5S. The highest BCUT2D eigenvalue weighted by Crippen LogP contribution is 2.24. The maximum atomic E-state index is 12.9. The van der Waals surface area contributed by atoms with Crippen molar-refractivity contribution in [2.24, 2.45) is 5.92 Å². The van der Waals surface area contributed by atoms with Gasteiger partial charge in [-0.1, -0.05) is 12.8 Å². The van der Waals surface area contributed by atoms with Crippen LogP contribution in [0.25, 0.3) is 0 Å². The molecule has 144 valence electrons. The van der Waals surface area contributed by atoms with Crippen LogP contribution in [-0.2, 0) is 14.8 Å². The molecule has 9 nitrogen and oxygen atoms in total. The highest BCUT2D eigenvalue weighted by atomic mass is 32.2. The van der Waals surface area contributed by atoms with E-state index in [1.165, 1.54) is 11.2 Å². The van der Waals surface area contributed by atoms with E-state index < -0.39 is 32.1 Å². The Bertz CT molecular complexity index is 898. The fourth-order valence-corrected chi connectivity index (χ4v) is 5.52. The Labute approximate surface area is 151 Å². The second-order valence-electron chi connectivity index (χ2n) is 7.05. The number of sulfonamides is 1. The second-order valence-corrected chi connectivity index (χ2v) is 8.93. The number of hydrogen-bond donors (Lipinski definition) is 3. The molecule has 2 heterocycles. The third-order valence-electron chi connectivity index (χ3n) is 5.13. The zero-order chi connectivity index (χ0) is 18.9. The van der Waals surface area contributed by atoms with E-state index in [1.54, 1.807) is 0 Å². The van der Waals surface area contributed by atoms with Gasteiger partial charge in [0.25, 0.3) is 5.56 Å². The number of carbonyl (C=O) groups excluding carboxylic acids is 1. The molecule has 0 bridgehead atoms. The molecule has 2 fully saturated rings. The Morgan fingerprint density at radius 1 is 1.12 bits per heavy atom. The van der Waals surface area contributed by atoms with Crippen molar-refractivity contribution in [2.45, 2.75) is 56.4 Å². The van der Waals surface area contributed by atoms with E-state index in [0.29, 0.717) is 12.8 Å². The molecule has 0 radical (unpaired) electrons. The molecule has 1 amide bonds. The first kappa shape index (κ1) is 18.8. The predicted octanol–water partition coefficient (Wildman–Crippen LogP) is -0.169. The summed E-state index contributed by atoms with van der Waals surface area (Å²) in [6.07, 6.45) is 5.29. The monoisotopic (exact) mass is 384 g/mol. The van der Waals surface area contributed by atoms with Crippen LogP contribution in [0.2, 0.25) is 0 Å². The lowest BCUT2D eigenvalue weighted by atomic mass is 9.98. The average Bonchev–Trinajstić information content (AvgIpc) is 3.06. The van der Waals surface area contributed by atoms with Crippen molar-refractivity contribution in [2.75, 3.05) is 13.1 Å². The SMILES string of the molecule is Cc1[nH]c(=O)[nH]c(=O)c1S(=O)(=O)N1CCC[C@@H](C(=O)NC2CCCC2)C1. The maximum absolute atomic E-state index is 12.9. The Hall–Kier alpha value is -1.94. The number of hydrogen-bond acceptors (Lipinski definition) is 5. The molecule has 0 aromatic carbocycles. The van der Waals surface area contributed by atoms with E-state index >= 15 is 0 Å². The van der Waals surface area contributed by atoms with Gasteiger partial charge in [0.05, 0.1) is 5.92 Å². The van der Waals surface area contributed by atoms with E-state index in [0.717, 1.165) is 25.7 Å². The predicted molar refractivity (Wildman–Crippen MR) is 94.3 cm³/mol. The number of piperidine rings is 1. The van der Waals surface area contributed by atoms with Crippen molar-refractivity contribution in [1.29, 1.82) is 0 Å². The van der Waals surface area contributed by atoms with Gasteiger partial charge in [0.15, 0.2) is 4.90 Å². The van der Waals surface area contributed by atoms with E-state index in [1.807, 2.05) is 4.98 Å². The lowest BCUT2D eigenvalue weighted by molar-refractivity contribution is -0.126. The van der Waals surface area contributed by atoms with E-state index in [2.05, 4.69) is 10.3 Å². The van der Waals surface area contributed by atoms with Crippen molar-refractivity contribution in [1.82, 2.24) is 19.6 Å². The largest absolute Gasteiger partial charge is 0.353 e. The molecule has 3 rings (SSSR count). The topological polar surface area (TPSA) is 132 Å². The summed E-state index contributed by atoms with van der Waals surface area (Å²) in [5.74, 6) is -0.551. The van der Waals surface area contributed by atoms with Crippen LogP contribution in [0.1, 0.15) is 44.2 Å². The van der Waals surface area contributed by atoms with Gasteiger partial charge >= 0.3 is 5.69 Å². The third-order valence-corrected chi connectivity index (χ3v) is 7.15. The molecule has 26 heavy (non-hydrogen) atoms. The molecule has 1 saturated heterocycles. The zero-order valence-corrected chi connectivity index (χ0v) is 15.5. The number of carbonyl (C=O) groups is 1. The summed E-state index contributed by atoms with van der Waals surface area (Å²) in [4.78, 5) is 39.6. The van der Waals surface area contributed by atoms with Crippen LogP contribution >= 0.6 is 0 Å². The van der Waals surface area contributed by atoms with Gasteiger partial charge in [0.1, 0.15) is 0 Å². The molecule has 1 aliphatic carbocycles. The van der Waals surface area contributed by atoms with E-state index in [9.17, 15) is 22.8 Å². The maximum Gasteiger partial charge on any atom is 0.325 e. The molecular weight excluding hydrogens is 360 g/mol. The lowest BCUT2D eigenvalue weighted by Gasteiger charge is -2.31. The van der Waals surface area contributed by atoms with Crippen LogP contribution in [0.15, 0.2) is 14.5 Å². The van der Waals surface area contributed by atoms with Gasteiger partial charge in [-0.25, -0.2) is 13.2 Å². The van der Waals surface area contributed by atoms with Gasteiger partial charge in [0, 0.05) is 24.8 Å². The minimum absolute atomic E-state index is 0.00344. The van der Waals surface area contributed by atoms with Crippen LogP contribution in [0, 0.1) is 12.8 Å². The van der Waals surface area contributed by atoms with Gasteiger partial charge in [-0.2, -0.15) is 4.31 Å². The molecule has 0 unspecified atom stereocenters. The zero-order valence-electron chi connectivity index (χ0n) is 14.7. The summed E-state index contributed by atoms with van der Waals surface area (Å²) in [5.41, 5.74) is -1.70. The standard InChI is InChI=1S/C16H24N4O5S/c1-10-13(15(22)19-16(23)17-10)26(24,25)20-8-4-5-11(9-20)14(21)18-12-6-2-3-7-12/h11-12H,2-9H2,1H3,(H,18,21)(H2,17,19,22,23)/t11-/m1/s1. The molecule has 10 heteroatoms. The quantitative estimate of drug-likeness (QED) is 0.663. The molecule has 0 spiro atoms. The summed E-state index contributed by atoms with van der Waals surface area (Å²) < 4.78 is 27.0. The van der Waals surface area contributed by atoms with Crippen LogP contribution in [-0.4, -0.2) is 47.7 Å². The smallest absolute Gasteiger partial charge is 0.325 e. The summed E-state index contributed by atoms with van der Waals surface area (Å²) in [5, 5.41) is 3.01. The normalized spacial score (nSPS) is 22.4. The molecule has 1 aromatic heterocycles. The molecule has 3 N–H and O–H groups in total. The number of rotatable bonds is 4. The first-order valence-electron chi connectivity index (χ1n) is 8.93. The summed E-state index contributed by atoms with van der Waals surface area (Å²) in [7, 11) is -4.09. The van der Waals surface area contributed by atoms with E-state index in [4.69, 9.17) is 0 Å². The van der Waals surface area contributed by atoms with Crippen molar-refractivity contribution in [3.63, 3.8) is 0 Å². The number of aromatic amines is 2. The fraction of sp³-hybridized carbons (Fsp3) is 0.688. The molecule has 2 aliphatic rings. The summed E-state index contributed by atoms with van der Waals surface area (Å²) >= 11 is 0. The molecule has 1 aliphatic heterocycles.